The van der Waals surface area contributed by atoms with Gasteiger partial charge in [0.25, 0.3) is 0 Å². The second kappa shape index (κ2) is 7.97. The minimum atomic E-state index is 0.559. The molecular weight excluding hydrogens is 394 g/mol. The molecule has 2 rings (SSSR count). The Kier molecular flexibility index (Phi) is 6.27. The number of halogens is 2. The molecule has 0 aliphatic carbocycles. The fourth-order valence-electron chi connectivity index (χ4n) is 2.16. The minimum absolute atomic E-state index is 0.559. The van der Waals surface area contributed by atoms with Crippen molar-refractivity contribution in [2.24, 2.45) is 0 Å². The summed E-state index contributed by atoms with van der Waals surface area (Å²) in [4.78, 5) is 0. The number of hydrogen-bond acceptors (Lipinski definition) is 2. The highest BCUT2D eigenvalue weighted by Gasteiger charge is 2.10. The first-order valence-electron chi connectivity index (χ1n) is 6.97. The van der Waals surface area contributed by atoms with Gasteiger partial charge in [-0.3, -0.25) is 0 Å². The van der Waals surface area contributed by atoms with E-state index in [2.05, 4.69) is 69.2 Å². The van der Waals surface area contributed by atoms with Crippen LogP contribution in [0.1, 0.15) is 23.6 Å². The third-order valence-electron chi connectivity index (χ3n) is 3.21. The molecule has 112 valence electrons. The highest BCUT2D eigenvalue weighted by molar-refractivity contribution is 9.10. The van der Waals surface area contributed by atoms with Crippen molar-refractivity contribution in [3.8, 4) is 5.75 Å². The molecule has 2 aromatic rings. The third-order valence-corrected chi connectivity index (χ3v) is 4.44. The van der Waals surface area contributed by atoms with E-state index >= 15 is 0 Å². The monoisotopic (exact) mass is 411 g/mol. The van der Waals surface area contributed by atoms with E-state index in [1.807, 2.05) is 18.2 Å². The topological polar surface area (TPSA) is 21.3 Å². The zero-order valence-corrected chi connectivity index (χ0v) is 15.4. The lowest BCUT2D eigenvalue weighted by Crippen LogP contribution is -2.13. The van der Waals surface area contributed by atoms with Crippen LogP contribution in [0.4, 0.5) is 0 Å². The van der Waals surface area contributed by atoms with Gasteiger partial charge in [0, 0.05) is 26.6 Å². The zero-order chi connectivity index (χ0) is 15.2. The van der Waals surface area contributed by atoms with Gasteiger partial charge in [0.15, 0.2) is 0 Å². The molecule has 0 unspecified atom stereocenters. The molecule has 0 atom stereocenters. The van der Waals surface area contributed by atoms with Gasteiger partial charge in [-0.2, -0.15) is 0 Å². The second-order valence-electron chi connectivity index (χ2n) is 4.87. The molecule has 2 nitrogen and oxygen atoms in total. The molecule has 0 aromatic heterocycles. The summed E-state index contributed by atoms with van der Waals surface area (Å²) in [5.41, 5.74) is 3.47. The standard InChI is InChI=1S/C17H19Br2NO/c1-3-20-10-14-9-15(18)8-12(2)17(14)21-11-13-6-4-5-7-16(13)19/h4-9,20H,3,10-11H2,1-2H3. The summed E-state index contributed by atoms with van der Waals surface area (Å²) < 4.78 is 8.26. The van der Waals surface area contributed by atoms with E-state index in [9.17, 15) is 0 Å². The summed E-state index contributed by atoms with van der Waals surface area (Å²) in [5.74, 6) is 0.968. The van der Waals surface area contributed by atoms with Crippen LogP contribution in [0.2, 0.25) is 0 Å². The molecule has 0 fully saturated rings. The SMILES string of the molecule is CCNCc1cc(Br)cc(C)c1OCc1ccccc1Br. The first-order valence-corrected chi connectivity index (χ1v) is 8.56. The molecule has 1 N–H and O–H groups in total. The van der Waals surface area contributed by atoms with Crippen molar-refractivity contribution in [2.45, 2.75) is 27.0 Å². The molecule has 21 heavy (non-hydrogen) atoms. The average Bonchev–Trinajstić information content (AvgIpc) is 2.45. The quantitative estimate of drug-likeness (QED) is 0.703. The summed E-state index contributed by atoms with van der Waals surface area (Å²) in [6.45, 7) is 6.49. The summed E-state index contributed by atoms with van der Waals surface area (Å²) >= 11 is 7.12. The highest BCUT2D eigenvalue weighted by Crippen LogP contribution is 2.29. The molecule has 0 saturated carbocycles. The van der Waals surface area contributed by atoms with Gasteiger partial charge in [-0.05, 0) is 37.2 Å². The van der Waals surface area contributed by atoms with Crippen molar-refractivity contribution >= 4 is 31.9 Å². The van der Waals surface area contributed by atoms with Crippen LogP contribution in [0.3, 0.4) is 0 Å². The predicted molar refractivity (Wildman–Crippen MR) is 94.7 cm³/mol. The first-order chi connectivity index (χ1) is 10.1. The maximum Gasteiger partial charge on any atom is 0.127 e. The van der Waals surface area contributed by atoms with E-state index in [1.165, 1.54) is 5.56 Å². The van der Waals surface area contributed by atoms with Crippen LogP contribution in [0.5, 0.6) is 5.75 Å². The summed E-state index contributed by atoms with van der Waals surface area (Å²) in [5, 5.41) is 3.36. The fraction of sp³-hybridized carbons (Fsp3) is 0.294. The van der Waals surface area contributed by atoms with Crippen LogP contribution in [0.25, 0.3) is 0 Å². The van der Waals surface area contributed by atoms with Gasteiger partial charge in [-0.1, -0.05) is 57.0 Å². The van der Waals surface area contributed by atoms with Crippen molar-refractivity contribution in [3.63, 3.8) is 0 Å². The Hall–Kier alpha value is -0.840. The Morgan fingerprint density at radius 3 is 2.57 bits per heavy atom. The number of nitrogens with one attached hydrogen (secondary N) is 1. The van der Waals surface area contributed by atoms with Crippen molar-refractivity contribution < 1.29 is 4.74 Å². The van der Waals surface area contributed by atoms with Gasteiger partial charge in [-0.25, -0.2) is 0 Å². The molecule has 0 aliphatic rings. The lowest BCUT2D eigenvalue weighted by molar-refractivity contribution is 0.299. The zero-order valence-electron chi connectivity index (χ0n) is 12.2. The van der Waals surface area contributed by atoms with E-state index < -0.39 is 0 Å². The summed E-state index contributed by atoms with van der Waals surface area (Å²) in [6, 6.07) is 12.3. The smallest absolute Gasteiger partial charge is 0.127 e. The Balaban J connectivity index is 2.20. The van der Waals surface area contributed by atoms with Gasteiger partial charge >= 0.3 is 0 Å². The summed E-state index contributed by atoms with van der Waals surface area (Å²) in [7, 11) is 0. The highest BCUT2D eigenvalue weighted by atomic mass is 79.9. The normalized spacial score (nSPS) is 10.7. The molecule has 4 heteroatoms. The van der Waals surface area contributed by atoms with Gasteiger partial charge in [0.1, 0.15) is 12.4 Å². The molecule has 0 saturated heterocycles. The summed E-state index contributed by atoms with van der Waals surface area (Å²) in [6.07, 6.45) is 0. The van der Waals surface area contributed by atoms with Crippen molar-refractivity contribution in [1.29, 1.82) is 0 Å². The lowest BCUT2D eigenvalue weighted by atomic mass is 10.1. The van der Waals surface area contributed by atoms with E-state index in [0.717, 1.165) is 38.9 Å². The molecule has 2 aromatic carbocycles. The van der Waals surface area contributed by atoms with Crippen LogP contribution in [0.15, 0.2) is 45.3 Å². The van der Waals surface area contributed by atoms with E-state index in [1.54, 1.807) is 0 Å². The van der Waals surface area contributed by atoms with Gasteiger partial charge in [0.2, 0.25) is 0 Å². The van der Waals surface area contributed by atoms with Crippen LogP contribution in [-0.2, 0) is 13.2 Å². The molecule has 0 radical (unpaired) electrons. The number of benzene rings is 2. The van der Waals surface area contributed by atoms with Crippen LogP contribution in [-0.4, -0.2) is 6.54 Å². The molecule has 0 spiro atoms. The number of aryl methyl sites for hydroxylation is 1. The largest absolute Gasteiger partial charge is 0.488 e. The van der Waals surface area contributed by atoms with Crippen molar-refractivity contribution in [2.75, 3.05) is 6.54 Å². The van der Waals surface area contributed by atoms with Crippen LogP contribution >= 0.6 is 31.9 Å². The predicted octanol–water partition coefficient (Wildman–Crippen LogP) is 5.21. The lowest BCUT2D eigenvalue weighted by Gasteiger charge is -2.16. The van der Waals surface area contributed by atoms with Crippen LogP contribution in [0, 0.1) is 6.92 Å². The number of hydrogen-bond donors (Lipinski definition) is 1. The third kappa shape index (κ3) is 4.56. The molecule has 0 heterocycles. The van der Waals surface area contributed by atoms with Gasteiger partial charge < -0.3 is 10.1 Å². The Morgan fingerprint density at radius 1 is 1.10 bits per heavy atom. The Labute approximate surface area is 143 Å². The van der Waals surface area contributed by atoms with Crippen LogP contribution < -0.4 is 10.1 Å². The van der Waals surface area contributed by atoms with E-state index in [-0.39, 0.29) is 0 Å². The Bertz CT molecular complexity index is 614. The maximum absolute atomic E-state index is 6.10. The van der Waals surface area contributed by atoms with E-state index in [4.69, 9.17) is 4.74 Å². The number of ether oxygens (including phenoxy) is 1. The molecular formula is C17H19Br2NO. The molecule has 0 bridgehead atoms. The van der Waals surface area contributed by atoms with E-state index in [0.29, 0.717) is 6.61 Å². The Morgan fingerprint density at radius 2 is 1.86 bits per heavy atom. The first kappa shape index (κ1) is 16.5. The van der Waals surface area contributed by atoms with Crippen molar-refractivity contribution in [1.82, 2.24) is 5.32 Å². The number of rotatable bonds is 6. The molecule has 0 aliphatic heterocycles. The average molecular weight is 413 g/mol. The maximum atomic E-state index is 6.10. The fourth-order valence-corrected chi connectivity index (χ4v) is 3.18. The molecule has 0 amide bonds. The second-order valence-corrected chi connectivity index (χ2v) is 6.64. The van der Waals surface area contributed by atoms with Crippen molar-refractivity contribution in [3.05, 3.63) is 62.0 Å². The van der Waals surface area contributed by atoms with Gasteiger partial charge in [-0.15, -0.1) is 0 Å². The minimum Gasteiger partial charge on any atom is -0.488 e. The van der Waals surface area contributed by atoms with Gasteiger partial charge in [0.05, 0.1) is 0 Å².